The average molecular weight is 570 g/mol. The molecule has 0 bridgehead atoms. The highest BCUT2D eigenvalue weighted by Gasteiger charge is 2.34. The van der Waals surface area contributed by atoms with Crippen molar-refractivity contribution in [2.24, 2.45) is 0 Å². The first-order chi connectivity index (χ1) is 19.6. The Morgan fingerprint density at radius 2 is 1.73 bits per heavy atom. The van der Waals surface area contributed by atoms with Crippen molar-refractivity contribution in [1.29, 1.82) is 0 Å². The number of esters is 2. The van der Waals surface area contributed by atoms with Gasteiger partial charge >= 0.3 is 17.9 Å². The molecule has 220 valence electrons. The molecule has 0 spiro atoms. The molecule has 0 radical (unpaired) electrons. The second-order valence-electron chi connectivity index (χ2n) is 9.49. The number of carbonyl (C=O) groups excluding carboxylic acids is 3. The number of hydrogen-bond acceptors (Lipinski definition) is 9. The summed E-state index contributed by atoms with van der Waals surface area (Å²) in [6.45, 7) is 3.64. The molecular formula is C30H35NO10. The molecule has 0 fully saturated rings. The van der Waals surface area contributed by atoms with Gasteiger partial charge in [0.05, 0.1) is 21.3 Å². The molecule has 0 aromatic heterocycles. The van der Waals surface area contributed by atoms with Crippen LogP contribution in [0.15, 0.2) is 29.8 Å². The molecule has 2 aromatic carbocycles. The van der Waals surface area contributed by atoms with E-state index in [0.29, 0.717) is 46.0 Å². The molecule has 0 atom stereocenters. The highest BCUT2D eigenvalue weighted by molar-refractivity contribution is 5.99. The van der Waals surface area contributed by atoms with E-state index in [4.69, 9.17) is 28.8 Å². The van der Waals surface area contributed by atoms with Crippen molar-refractivity contribution in [2.45, 2.75) is 59.0 Å². The third-order valence-electron chi connectivity index (χ3n) is 6.68. The highest BCUT2D eigenvalue weighted by atomic mass is 16.6. The molecule has 0 unspecified atom stereocenters. The minimum Gasteiger partial charge on any atom is -0.496 e. The Kier molecular flexibility index (Phi) is 10.7. The summed E-state index contributed by atoms with van der Waals surface area (Å²) < 4.78 is 27.1. The highest BCUT2D eigenvalue weighted by Crippen LogP contribution is 2.43. The zero-order chi connectivity index (χ0) is 30.1. The summed E-state index contributed by atoms with van der Waals surface area (Å²) in [5.74, 6) is -0.904. The zero-order valence-electron chi connectivity index (χ0n) is 23.9. The Hall–Kier alpha value is -4.54. The summed E-state index contributed by atoms with van der Waals surface area (Å²) in [5, 5.41) is 11.7. The van der Waals surface area contributed by atoms with E-state index in [1.54, 1.807) is 25.1 Å². The summed E-state index contributed by atoms with van der Waals surface area (Å²) in [6, 6.07) is 4.98. The van der Waals surface area contributed by atoms with Crippen LogP contribution in [0.5, 0.6) is 23.0 Å². The Labute approximate surface area is 238 Å². The van der Waals surface area contributed by atoms with E-state index >= 15 is 0 Å². The fourth-order valence-corrected chi connectivity index (χ4v) is 4.50. The largest absolute Gasteiger partial charge is 0.496 e. The monoisotopic (exact) mass is 569 g/mol. The van der Waals surface area contributed by atoms with Crippen molar-refractivity contribution < 1.29 is 48.0 Å². The molecule has 11 heteroatoms. The molecule has 0 aliphatic carbocycles. The predicted octanol–water partition coefficient (Wildman–Crippen LogP) is 4.76. The standard InChI is InChI=1S/C30H35NO10/c1-17(10-14-25(33)34)9-12-20-28(39-5)18(2)21-16-40-30(36)27(21)29(20)41-26(35)8-6-7-24(32)31-19-11-13-22(37-3)23(15-19)38-4/h9,11,13,15H,6-8,10,12,14,16H2,1-5H3,(H,31,32)(H,33,34)/b17-9+. The number of carboxylic acids is 1. The first-order valence-electron chi connectivity index (χ1n) is 13.1. The van der Waals surface area contributed by atoms with E-state index in [2.05, 4.69) is 5.32 Å². The lowest BCUT2D eigenvalue weighted by atomic mass is 9.94. The minimum atomic E-state index is -0.904. The van der Waals surface area contributed by atoms with Crippen LogP contribution in [-0.2, 0) is 32.1 Å². The van der Waals surface area contributed by atoms with Crippen LogP contribution in [0.2, 0.25) is 0 Å². The maximum Gasteiger partial charge on any atom is 0.342 e. The normalized spacial score (nSPS) is 12.3. The van der Waals surface area contributed by atoms with Crippen LogP contribution >= 0.6 is 0 Å². The van der Waals surface area contributed by atoms with Crippen LogP contribution in [0.4, 0.5) is 5.69 Å². The number of carbonyl (C=O) groups is 4. The minimum absolute atomic E-state index is 0.0174. The van der Waals surface area contributed by atoms with Crippen molar-refractivity contribution >= 4 is 29.5 Å². The Morgan fingerprint density at radius 1 is 1.00 bits per heavy atom. The summed E-state index contributed by atoms with van der Waals surface area (Å²) in [7, 11) is 4.50. The van der Waals surface area contributed by atoms with Gasteiger partial charge in [0.2, 0.25) is 5.91 Å². The van der Waals surface area contributed by atoms with E-state index in [1.807, 2.05) is 13.0 Å². The lowest BCUT2D eigenvalue weighted by Crippen LogP contribution is -2.16. The van der Waals surface area contributed by atoms with Gasteiger partial charge in [0, 0.05) is 42.1 Å². The van der Waals surface area contributed by atoms with Gasteiger partial charge in [0.25, 0.3) is 0 Å². The van der Waals surface area contributed by atoms with Crippen LogP contribution in [0.1, 0.15) is 66.1 Å². The van der Waals surface area contributed by atoms with Gasteiger partial charge in [-0.15, -0.1) is 0 Å². The van der Waals surface area contributed by atoms with Crippen molar-refractivity contribution in [3.05, 3.63) is 52.1 Å². The topological polar surface area (TPSA) is 147 Å². The van der Waals surface area contributed by atoms with Gasteiger partial charge < -0.3 is 34.1 Å². The summed E-state index contributed by atoms with van der Waals surface area (Å²) in [4.78, 5) is 49.0. The van der Waals surface area contributed by atoms with Crippen LogP contribution in [0.3, 0.4) is 0 Å². The van der Waals surface area contributed by atoms with Gasteiger partial charge in [-0.2, -0.15) is 0 Å². The van der Waals surface area contributed by atoms with Crippen molar-refractivity contribution in [2.75, 3.05) is 26.6 Å². The van der Waals surface area contributed by atoms with Gasteiger partial charge in [-0.1, -0.05) is 11.6 Å². The van der Waals surface area contributed by atoms with Crippen molar-refractivity contribution in [3.8, 4) is 23.0 Å². The van der Waals surface area contributed by atoms with Gasteiger partial charge in [0.15, 0.2) is 17.2 Å². The lowest BCUT2D eigenvalue weighted by Gasteiger charge is -2.19. The molecule has 1 aliphatic rings. The number of cyclic esters (lactones) is 1. The van der Waals surface area contributed by atoms with E-state index in [1.165, 1.54) is 21.3 Å². The number of amides is 1. The van der Waals surface area contributed by atoms with E-state index in [0.717, 1.165) is 5.57 Å². The second kappa shape index (κ2) is 14.2. The molecule has 11 nitrogen and oxygen atoms in total. The van der Waals surface area contributed by atoms with Gasteiger partial charge in [-0.25, -0.2) is 4.79 Å². The fraction of sp³-hybridized carbons (Fsp3) is 0.400. The Balaban J connectivity index is 1.73. The van der Waals surface area contributed by atoms with Gasteiger partial charge in [-0.05, 0) is 50.8 Å². The quantitative estimate of drug-likeness (QED) is 0.185. The van der Waals surface area contributed by atoms with Crippen LogP contribution in [0.25, 0.3) is 0 Å². The molecule has 0 saturated carbocycles. The van der Waals surface area contributed by atoms with E-state index in [-0.39, 0.29) is 55.9 Å². The predicted molar refractivity (Wildman–Crippen MR) is 149 cm³/mol. The first kappa shape index (κ1) is 31.0. The van der Waals surface area contributed by atoms with Crippen molar-refractivity contribution in [1.82, 2.24) is 0 Å². The maximum absolute atomic E-state index is 12.9. The van der Waals surface area contributed by atoms with Gasteiger partial charge in [0.1, 0.15) is 17.9 Å². The van der Waals surface area contributed by atoms with E-state index < -0.39 is 17.9 Å². The molecule has 0 saturated heterocycles. The molecule has 2 N–H and O–H groups in total. The number of methoxy groups -OCH3 is 3. The first-order valence-corrected chi connectivity index (χ1v) is 13.1. The number of aliphatic carboxylic acids is 1. The fourth-order valence-electron chi connectivity index (χ4n) is 4.50. The summed E-state index contributed by atoms with van der Waals surface area (Å²) in [5.41, 5.74) is 3.29. The molecule has 1 aliphatic heterocycles. The SMILES string of the molecule is COc1ccc(NC(=O)CCCC(=O)Oc2c(C/C=C(\C)CCC(=O)O)c(OC)c(C)c3c2C(=O)OC3)cc1OC. The second-order valence-corrected chi connectivity index (χ2v) is 9.49. The van der Waals surface area contributed by atoms with Crippen LogP contribution in [0, 0.1) is 6.92 Å². The number of hydrogen-bond donors (Lipinski definition) is 2. The number of carboxylic acid groups (broad SMARTS) is 1. The van der Waals surface area contributed by atoms with Crippen LogP contribution in [-0.4, -0.2) is 50.3 Å². The molecular weight excluding hydrogens is 534 g/mol. The number of ether oxygens (including phenoxy) is 5. The number of fused-ring (bicyclic) bond motifs is 1. The Morgan fingerprint density at radius 3 is 2.39 bits per heavy atom. The average Bonchev–Trinajstić information content (AvgIpc) is 3.33. The Bertz CT molecular complexity index is 1360. The number of rotatable bonds is 14. The van der Waals surface area contributed by atoms with E-state index in [9.17, 15) is 19.2 Å². The zero-order valence-corrected chi connectivity index (χ0v) is 23.9. The van der Waals surface area contributed by atoms with Crippen LogP contribution < -0.4 is 24.3 Å². The lowest BCUT2D eigenvalue weighted by molar-refractivity contribution is -0.137. The van der Waals surface area contributed by atoms with Gasteiger partial charge in [-0.3, -0.25) is 14.4 Å². The third-order valence-corrected chi connectivity index (χ3v) is 6.68. The molecule has 1 amide bonds. The number of allylic oxidation sites excluding steroid dienone is 2. The molecule has 3 rings (SSSR count). The molecule has 1 heterocycles. The van der Waals surface area contributed by atoms with Crippen molar-refractivity contribution in [3.63, 3.8) is 0 Å². The third kappa shape index (κ3) is 7.77. The number of benzene rings is 2. The molecule has 2 aromatic rings. The number of nitrogens with one attached hydrogen (secondary N) is 1. The smallest absolute Gasteiger partial charge is 0.342 e. The number of anilines is 1. The molecule has 41 heavy (non-hydrogen) atoms. The summed E-state index contributed by atoms with van der Waals surface area (Å²) in [6.07, 6.45) is 2.58. The summed E-state index contributed by atoms with van der Waals surface area (Å²) >= 11 is 0. The maximum atomic E-state index is 12.9.